The molecule has 7 heteroatoms. The van der Waals surface area contributed by atoms with Gasteiger partial charge in [0.15, 0.2) is 0 Å². The van der Waals surface area contributed by atoms with Crippen LogP contribution in [0.25, 0.3) is 11.4 Å². The third-order valence-electron chi connectivity index (χ3n) is 4.35. The standard InChI is InChI=1S/C18H23N5O2/c1-13(20-17(25)12-23-9-3-2-4-10-23)15-11-16(24)22-18(21-15)14-5-7-19-8-6-14/h5-8,11,13H,2-4,9-10,12H2,1H3,(H,20,25)(H,21,22,24). The van der Waals surface area contributed by atoms with Crippen LogP contribution in [-0.2, 0) is 4.79 Å². The molecule has 1 aliphatic rings. The van der Waals surface area contributed by atoms with Crippen LogP contribution in [0.4, 0.5) is 0 Å². The molecule has 0 saturated carbocycles. The Morgan fingerprint density at radius 1 is 1.28 bits per heavy atom. The summed E-state index contributed by atoms with van der Waals surface area (Å²) in [7, 11) is 0. The average molecular weight is 341 g/mol. The number of likely N-dealkylation sites (tertiary alicyclic amines) is 1. The van der Waals surface area contributed by atoms with Crippen molar-refractivity contribution in [1.82, 2.24) is 25.2 Å². The minimum absolute atomic E-state index is 0.0399. The number of hydrogen-bond donors (Lipinski definition) is 2. The van der Waals surface area contributed by atoms with Crippen LogP contribution in [0.5, 0.6) is 0 Å². The largest absolute Gasteiger partial charge is 0.347 e. The molecule has 1 fully saturated rings. The first-order chi connectivity index (χ1) is 12.1. The van der Waals surface area contributed by atoms with Crippen molar-refractivity contribution in [1.29, 1.82) is 0 Å². The second-order valence-electron chi connectivity index (χ2n) is 6.38. The number of amides is 1. The number of pyridine rings is 1. The summed E-state index contributed by atoms with van der Waals surface area (Å²) in [6, 6.07) is 4.65. The number of nitrogens with one attached hydrogen (secondary N) is 2. The number of H-pyrrole nitrogens is 1. The molecule has 3 heterocycles. The number of aromatic amines is 1. The lowest BCUT2D eigenvalue weighted by molar-refractivity contribution is -0.123. The molecule has 3 rings (SSSR count). The first kappa shape index (κ1) is 17.3. The van der Waals surface area contributed by atoms with Gasteiger partial charge < -0.3 is 10.3 Å². The SMILES string of the molecule is CC(NC(=O)CN1CCCCC1)c1cc(=O)[nH]c(-c2ccncc2)n1. The molecule has 1 unspecified atom stereocenters. The summed E-state index contributed by atoms with van der Waals surface area (Å²) in [5.74, 6) is 0.434. The number of aromatic nitrogens is 3. The lowest BCUT2D eigenvalue weighted by Crippen LogP contribution is -2.40. The molecule has 1 aliphatic heterocycles. The quantitative estimate of drug-likeness (QED) is 0.860. The van der Waals surface area contributed by atoms with E-state index in [-0.39, 0.29) is 17.5 Å². The maximum Gasteiger partial charge on any atom is 0.251 e. The van der Waals surface area contributed by atoms with Gasteiger partial charge in [-0.1, -0.05) is 6.42 Å². The van der Waals surface area contributed by atoms with E-state index in [2.05, 4.69) is 25.2 Å². The molecule has 2 aromatic heterocycles. The molecule has 0 aromatic carbocycles. The summed E-state index contributed by atoms with van der Waals surface area (Å²) in [5.41, 5.74) is 1.08. The summed E-state index contributed by atoms with van der Waals surface area (Å²) in [5, 5.41) is 2.94. The molecule has 7 nitrogen and oxygen atoms in total. The maximum absolute atomic E-state index is 12.3. The molecular weight excluding hydrogens is 318 g/mol. The number of rotatable bonds is 5. The Kier molecular flexibility index (Phi) is 5.55. The van der Waals surface area contributed by atoms with Crippen LogP contribution in [0.3, 0.4) is 0 Å². The van der Waals surface area contributed by atoms with Gasteiger partial charge in [0.2, 0.25) is 5.91 Å². The zero-order chi connectivity index (χ0) is 17.6. The van der Waals surface area contributed by atoms with Gasteiger partial charge in [-0.15, -0.1) is 0 Å². The lowest BCUT2D eigenvalue weighted by atomic mass is 10.1. The third kappa shape index (κ3) is 4.73. The Labute approximate surface area is 146 Å². The van der Waals surface area contributed by atoms with E-state index in [4.69, 9.17) is 0 Å². The van der Waals surface area contributed by atoms with Gasteiger partial charge in [-0.25, -0.2) is 4.98 Å². The van der Waals surface area contributed by atoms with Gasteiger partial charge >= 0.3 is 0 Å². The normalized spacial score (nSPS) is 16.4. The Hall–Kier alpha value is -2.54. The van der Waals surface area contributed by atoms with Crippen molar-refractivity contribution in [3.8, 4) is 11.4 Å². The minimum Gasteiger partial charge on any atom is -0.347 e. The predicted octanol–water partition coefficient (Wildman–Crippen LogP) is 1.49. The fourth-order valence-electron chi connectivity index (χ4n) is 3.03. The molecular formula is C18H23N5O2. The topological polar surface area (TPSA) is 91.0 Å². The first-order valence-corrected chi connectivity index (χ1v) is 8.65. The zero-order valence-corrected chi connectivity index (χ0v) is 14.4. The van der Waals surface area contributed by atoms with E-state index in [1.807, 2.05) is 6.92 Å². The number of carbonyl (C=O) groups excluding carboxylic acids is 1. The fraction of sp³-hybridized carbons (Fsp3) is 0.444. The lowest BCUT2D eigenvalue weighted by Gasteiger charge is -2.26. The van der Waals surface area contributed by atoms with Crippen LogP contribution in [0, 0.1) is 0 Å². The predicted molar refractivity (Wildman–Crippen MR) is 94.9 cm³/mol. The maximum atomic E-state index is 12.3. The summed E-state index contributed by atoms with van der Waals surface area (Å²) < 4.78 is 0. The van der Waals surface area contributed by atoms with Crippen molar-refractivity contribution in [2.75, 3.05) is 19.6 Å². The van der Waals surface area contributed by atoms with Crippen LogP contribution >= 0.6 is 0 Å². The molecule has 0 radical (unpaired) electrons. The van der Waals surface area contributed by atoms with E-state index in [9.17, 15) is 9.59 Å². The molecule has 1 amide bonds. The Morgan fingerprint density at radius 2 is 2.00 bits per heavy atom. The molecule has 0 spiro atoms. The van der Waals surface area contributed by atoms with Gasteiger partial charge in [-0.05, 0) is 45.0 Å². The Morgan fingerprint density at radius 3 is 2.72 bits per heavy atom. The highest BCUT2D eigenvalue weighted by Crippen LogP contribution is 2.15. The smallest absolute Gasteiger partial charge is 0.251 e. The summed E-state index contributed by atoms with van der Waals surface area (Å²) in [6.45, 7) is 4.17. The van der Waals surface area contributed by atoms with Crippen LogP contribution in [-0.4, -0.2) is 45.4 Å². The average Bonchev–Trinajstić information content (AvgIpc) is 2.62. The second kappa shape index (κ2) is 8.02. The molecule has 1 saturated heterocycles. The van der Waals surface area contributed by atoms with Gasteiger partial charge in [0.1, 0.15) is 5.82 Å². The molecule has 0 aliphatic carbocycles. The molecule has 2 N–H and O–H groups in total. The monoisotopic (exact) mass is 341 g/mol. The van der Waals surface area contributed by atoms with Crippen molar-refractivity contribution in [2.45, 2.75) is 32.2 Å². The summed E-state index contributed by atoms with van der Waals surface area (Å²) in [4.78, 5) is 37.6. The van der Waals surface area contributed by atoms with Crippen LogP contribution < -0.4 is 10.9 Å². The van der Waals surface area contributed by atoms with Crippen molar-refractivity contribution < 1.29 is 4.79 Å². The number of hydrogen-bond acceptors (Lipinski definition) is 5. The molecule has 25 heavy (non-hydrogen) atoms. The van der Waals surface area contributed by atoms with Gasteiger partial charge in [-0.3, -0.25) is 19.5 Å². The number of nitrogens with zero attached hydrogens (tertiary/aromatic N) is 3. The van der Waals surface area contributed by atoms with Gasteiger partial charge in [0.05, 0.1) is 18.3 Å². The Balaban J connectivity index is 1.69. The molecule has 1 atom stereocenters. The number of carbonyl (C=O) groups is 1. The van der Waals surface area contributed by atoms with Crippen LogP contribution in [0.15, 0.2) is 35.4 Å². The van der Waals surface area contributed by atoms with Crippen molar-refractivity contribution in [3.05, 3.63) is 46.6 Å². The zero-order valence-electron chi connectivity index (χ0n) is 14.4. The molecule has 132 valence electrons. The van der Waals surface area contributed by atoms with E-state index >= 15 is 0 Å². The highest BCUT2D eigenvalue weighted by molar-refractivity contribution is 5.78. The van der Waals surface area contributed by atoms with E-state index in [1.165, 1.54) is 12.5 Å². The highest BCUT2D eigenvalue weighted by atomic mass is 16.2. The van der Waals surface area contributed by atoms with Crippen molar-refractivity contribution in [2.24, 2.45) is 0 Å². The number of piperidine rings is 1. The van der Waals surface area contributed by atoms with Crippen molar-refractivity contribution in [3.63, 3.8) is 0 Å². The van der Waals surface area contributed by atoms with E-state index in [0.717, 1.165) is 31.5 Å². The summed E-state index contributed by atoms with van der Waals surface area (Å²) >= 11 is 0. The van der Waals surface area contributed by atoms with Crippen LogP contribution in [0.2, 0.25) is 0 Å². The van der Waals surface area contributed by atoms with Gasteiger partial charge in [0, 0.05) is 24.0 Å². The van der Waals surface area contributed by atoms with E-state index in [1.54, 1.807) is 24.5 Å². The minimum atomic E-state index is -0.333. The fourth-order valence-corrected chi connectivity index (χ4v) is 3.03. The molecule has 2 aromatic rings. The first-order valence-electron chi connectivity index (χ1n) is 8.65. The molecule has 0 bridgehead atoms. The second-order valence-corrected chi connectivity index (χ2v) is 6.38. The van der Waals surface area contributed by atoms with Crippen LogP contribution in [0.1, 0.15) is 37.9 Å². The van der Waals surface area contributed by atoms with Gasteiger partial charge in [0.25, 0.3) is 5.56 Å². The summed E-state index contributed by atoms with van der Waals surface area (Å²) in [6.07, 6.45) is 6.82. The van der Waals surface area contributed by atoms with Crippen molar-refractivity contribution >= 4 is 5.91 Å². The van der Waals surface area contributed by atoms with E-state index < -0.39 is 0 Å². The van der Waals surface area contributed by atoms with Gasteiger partial charge in [-0.2, -0.15) is 0 Å². The third-order valence-corrected chi connectivity index (χ3v) is 4.35. The Bertz CT molecular complexity index is 769. The van der Waals surface area contributed by atoms with E-state index in [0.29, 0.717) is 18.1 Å². The highest BCUT2D eigenvalue weighted by Gasteiger charge is 2.17.